The highest BCUT2D eigenvalue weighted by Gasteiger charge is 2.16. The lowest BCUT2D eigenvalue weighted by Gasteiger charge is -2.05. The summed E-state index contributed by atoms with van der Waals surface area (Å²) in [5.74, 6) is 0. The van der Waals surface area contributed by atoms with Crippen molar-refractivity contribution in [2.24, 2.45) is 0 Å². The van der Waals surface area contributed by atoms with Crippen molar-refractivity contribution < 1.29 is 4.57 Å². The van der Waals surface area contributed by atoms with Crippen molar-refractivity contribution in [3.63, 3.8) is 0 Å². The standard InChI is InChI=1S/C6H14NOP/c1-9(8)5-2-3-7-4-6-9/h7H,2-6H2,1H3. The zero-order valence-electron chi connectivity index (χ0n) is 5.89. The average Bonchev–Trinajstić information content (AvgIpc) is 1.92. The maximum Gasteiger partial charge on any atom is 0.0861 e. The van der Waals surface area contributed by atoms with Gasteiger partial charge >= 0.3 is 0 Å². The van der Waals surface area contributed by atoms with Crippen molar-refractivity contribution in [2.45, 2.75) is 6.42 Å². The van der Waals surface area contributed by atoms with Crippen molar-refractivity contribution in [3.05, 3.63) is 0 Å². The highest BCUT2D eigenvalue weighted by atomic mass is 31.2. The Balaban J connectivity index is 2.45. The summed E-state index contributed by atoms with van der Waals surface area (Å²) >= 11 is 0. The predicted molar refractivity (Wildman–Crippen MR) is 40.8 cm³/mol. The van der Waals surface area contributed by atoms with Crippen LogP contribution in [-0.4, -0.2) is 32.1 Å². The molecule has 0 bridgehead atoms. The quantitative estimate of drug-likeness (QED) is 0.517. The number of nitrogens with one attached hydrogen (secondary N) is 1. The lowest BCUT2D eigenvalue weighted by molar-refractivity contribution is 0.579. The largest absolute Gasteiger partial charge is 0.324 e. The van der Waals surface area contributed by atoms with Crippen LogP contribution < -0.4 is 5.32 Å². The second-order valence-corrected chi connectivity index (χ2v) is 6.34. The minimum Gasteiger partial charge on any atom is -0.324 e. The molecule has 1 aliphatic heterocycles. The Labute approximate surface area is 56.4 Å². The van der Waals surface area contributed by atoms with Gasteiger partial charge in [0.05, 0.1) is 7.14 Å². The van der Waals surface area contributed by atoms with E-state index in [-0.39, 0.29) is 0 Å². The first-order valence-corrected chi connectivity index (χ1v) is 5.99. The van der Waals surface area contributed by atoms with Crippen LogP contribution in [0.2, 0.25) is 0 Å². The van der Waals surface area contributed by atoms with E-state index in [9.17, 15) is 4.57 Å². The van der Waals surface area contributed by atoms with Crippen molar-refractivity contribution >= 4 is 7.14 Å². The molecule has 0 aromatic carbocycles. The van der Waals surface area contributed by atoms with E-state index in [2.05, 4.69) is 5.32 Å². The van der Waals surface area contributed by atoms with Gasteiger partial charge in [-0.05, 0) is 19.6 Å². The van der Waals surface area contributed by atoms with Gasteiger partial charge in [-0.1, -0.05) is 0 Å². The highest BCUT2D eigenvalue weighted by molar-refractivity contribution is 7.63. The van der Waals surface area contributed by atoms with Crippen LogP contribution >= 0.6 is 7.14 Å². The minimum absolute atomic E-state index is 0.896. The van der Waals surface area contributed by atoms with E-state index < -0.39 is 7.14 Å². The molecule has 1 aliphatic rings. The molecule has 0 saturated carbocycles. The first-order valence-electron chi connectivity index (χ1n) is 3.47. The number of hydrogen-bond acceptors (Lipinski definition) is 2. The van der Waals surface area contributed by atoms with Gasteiger partial charge < -0.3 is 9.88 Å². The molecule has 0 aromatic rings. The monoisotopic (exact) mass is 147 g/mol. The molecule has 1 fully saturated rings. The van der Waals surface area contributed by atoms with Crippen molar-refractivity contribution in [2.75, 3.05) is 32.1 Å². The summed E-state index contributed by atoms with van der Waals surface area (Å²) in [6.07, 6.45) is 2.93. The molecule has 1 heterocycles. The highest BCUT2D eigenvalue weighted by Crippen LogP contribution is 2.41. The Morgan fingerprint density at radius 1 is 1.33 bits per heavy atom. The van der Waals surface area contributed by atoms with E-state index in [1.807, 2.05) is 6.66 Å². The third-order valence-corrected chi connectivity index (χ3v) is 4.18. The molecule has 1 rings (SSSR count). The molecule has 0 radical (unpaired) electrons. The second-order valence-electron chi connectivity index (χ2n) is 2.85. The number of hydrogen-bond donors (Lipinski definition) is 1. The van der Waals surface area contributed by atoms with Crippen molar-refractivity contribution in [3.8, 4) is 0 Å². The summed E-state index contributed by atoms with van der Waals surface area (Å²) in [7, 11) is -1.69. The Hall–Kier alpha value is 0.190. The van der Waals surface area contributed by atoms with E-state index >= 15 is 0 Å². The van der Waals surface area contributed by atoms with Crippen LogP contribution in [0.25, 0.3) is 0 Å². The minimum atomic E-state index is -1.69. The molecule has 3 heteroatoms. The normalized spacial score (nSPS) is 37.9. The van der Waals surface area contributed by atoms with Crippen molar-refractivity contribution in [1.82, 2.24) is 5.32 Å². The third kappa shape index (κ3) is 2.51. The van der Waals surface area contributed by atoms with Crippen LogP contribution in [0.4, 0.5) is 0 Å². The van der Waals surface area contributed by atoms with E-state index in [4.69, 9.17) is 0 Å². The lowest BCUT2D eigenvalue weighted by Crippen LogP contribution is -2.15. The Morgan fingerprint density at radius 3 is 2.89 bits per heavy atom. The molecule has 1 saturated heterocycles. The molecule has 1 atom stereocenters. The van der Waals surface area contributed by atoms with Gasteiger partial charge in [-0.3, -0.25) is 0 Å². The topological polar surface area (TPSA) is 29.1 Å². The maximum atomic E-state index is 11.4. The first kappa shape index (κ1) is 7.30. The summed E-state index contributed by atoms with van der Waals surface area (Å²) < 4.78 is 11.4. The molecule has 9 heavy (non-hydrogen) atoms. The van der Waals surface area contributed by atoms with Gasteiger partial charge in [-0.2, -0.15) is 0 Å². The van der Waals surface area contributed by atoms with E-state index in [0.29, 0.717) is 0 Å². The molecule has 0 amide bonds. The predicted octanol–water partition coefficient (Wildman–Crippen LogP) is 0.973. The molecule has 1 unspecified atom stereocenters. The zero-order chi connectivity index (χ0) is 6.74. The van der Waals surface area contributed by atoms with E-state index in [1.54, 1.807) is 0 Å². The van der Waals surface area contributed by atoms with Crippen LogP contribution in [0, 0.1) is 0 Å². The molecular weight excluding hydrogens is 133 g/mol. The SMILES string of the molecule is CP1(=O)CCCNCC1. The fourth-order valence-corrected chi connectivity index (χ4v) is 2.77. The van der Waals surface area contributed by atoms with Gasteiger partial charge in [-0.15, -0.1) is 0 Å². The van der Waals surface area contributed by atoms with Crippen LogP contribution in [0.15, 0.2) is 0 Å². The van der Waals surface area contributed by atoms with Crippen LogP contribution in [0.1, 0.15) is 6.42 Å². The molecular formula is C6H14NOP. The van der Waals surface area contributed by atoms with Crippen molar-refractivity contribution in [1.29, 1.82) is 0 Å². The molecule has 0 aromatic heterocycles. The zero-order valence-corrected chi connectivity index (χ0v) is 6.79. The van der Waals surface area contributed by atoms with Gasteiger partial charge in [0, 0.05) is 18.9 Å². The van der Waals surface area contributed by atoms with Gasteiger partial charge in [0.1, 0.15) is 0 Å². The number of rotatable bonds is 0. The van der Waals surface area contributed by atoms with Gasteiger partial charge in [0.2, 0.25) is 0 Å². The summed E-state index contributed by atoms with van der Waals surface area (Å²) in [4.78, 5) is 0. The van der Waals surface area contributed by atoms with Crippen LogP contribution in [0.5, 0.6) is 0 Å². The first-order chi connectivity index (χ1) is 4.21. The van der Waals surface area contributed by atoms with Gasteiger partial charge in [0.15, 0.2) is 0 Å². The van der Waals surface area contributed by atoms with Gasteiger partial charge in [-0.25, -0.2) is 0 Å². The fraction of sp³-hybridized carbons (Fsp3) is 1.00. The maximum absolute atomic E-state index is 11.4. The molecule has 2 nitrogen and oxygen atoms in total. The third-order valence-electron chi connectivity index (χ3n) is 1.75. The molecule has 1 N–H and O–H groups in total. The van der Waals surface area contributed by atoms with E-state index in [0.717, 1.165) is 31.8 Å². The Morgan fingerprint density at radius 2 is 2.11 bits per heavy atom. The Kier molecular flexibility index (Phi) is 2.31. The second kappa shape index (κ2) is 2.85. The summed E-state index contributed by atoms with van der Waals surface area (Å²) in [5.41, 5.74) is 0. The molecule has 0 spiro atoms. The summed E-state index contributed by atoms with van der Waals surface area (Å²) in [6, 6.07) is 0. The van der Waals surface area contributed by atoms with Crippen LogP contribution in [0.3, 0.4) is 0 Å². The lowest BCUT2D eigenvalue weighted by atomic mass is 10.5. The van der Waals surface area contributed by atoms with Gasteiger partial charge in [0.25, 0.3) is 0 Å². The fourth-order valence-electron chi connectivity index (χ4n) is 1.09. The Bertz CT molecular complexity index is 123. The summed E-state index contributed by atoms with van der Waals surface area (Å²) in [6.45, 7) is 3.92. The smallest absolute Gasteiger partial charge is 0.0861 e. The average molecular weight is 147 g/mol. The molecule has 0 aliphatic carbocycles. The van der Waals surface area contributed by atoms with Crippen LogP contribution in [-0.2, 0) is 4.57 Å². The summed E-state index contributed by atoms with van der Waals surface area (Å²) in [5, 5.41) is 3.23. The van der Waals surface area contributed by atoms with E-state index in [1.165, 1.54) is 0 Å². The molecule has 54 valence electrons.